The quantitative estimate of drug-likeness (QED) is 0.373. The molecule has 0 unspecified atom stereocenters. The minimum atomic E-state index is -0.571. The van der Waals surface area contributed by atoms with E-state index >= 15 is 0 Å². The Morgan fingerprint density at radius 3 is 2.48 bits per heavy atom. The molecule has 0 amide bonds. The molecule has 0 spiro atoms. The van der Waals surface area contributed by atoms with Gasteiger partial charge in [0.05, 0.1) is 10.5 Å². The topological polar surface area (TPSA) is 69.4 Å². The summed E-state index contributed by atoms with van der Waals surface area (Å²) in [6, 6.07) is 13.6. The normalized spacial score (nSPS) is 10.5. The van der Waals surface area contributed by atoms with E-state index in [0.29, 0.717) is 11.1 Å². The van der Waals surface area contributed by atoms with Crippen molar-refractivity contribution in [3.05, 3.63) is 81.5 Å². The van der Waals surface area contributed by atoms with Crippen molar-refractivity contribution in [2.45, 2.75) is 6.92 Å². The highest BCUT2D eigenvalue weighted by molar-refractivity contribution is 5.91. The van der Waals surface area contributed by atoms with Crippen LogP contribution in [-0.4, -0.2) is 10.9 Å². The van der Waals surface area contributed by atoms with Crippen LogP contribution in [-0.2, 0) is 0 Å². The molecule has 0 saturated carbocycles. The van der Waals surface area contributed by atoms with Gasteiger partial charge >= 0.3 is 5.97 Å². The van der Waals surface area contributed by atoms with Gasteiger partial charge in [-0.25, -0.2) is 4.79 Å². The van der Waals surface area contributed by atoms with E-state index < -0.39 is 10.9 Å². The number of aryl methyl sites for hydroxylation is 1. The molecular formula is C16H13NO4. The van der Waals surface area contributed by atoms with Crippen molar-refractivity contribution in [3.63, 3.8) is 0 Å². The summed E-state index contributed by atoms with van der Waals surface area (Å²) in [7, 11) is 0. The Balaban J connectivity index is 2.21. The molecule has 0 aromatic heterocycles. The van der Waals surface area contributed by atoms with Crippen LogP contribution in [0.15, 0.2) is 54.7 Å². The second-order valence-electron chi connectivity index (χ2n) is 4.39. The van der Waals surface area contributed by atoms with Crippen LogP contribution >= 0.6 is 0 Å². The minimum Gasteiger partial charge on any atom is -0.422 e. The van der Waals surface area contributed by atoms with Crippen molar-refractivity contribution in [1.82, 2.24) is 0 Å². The Labute approximate surface area is 121 Å². The van der Waals surface area contributed by atoms with Gasteiger partial charge in [0.25, 0.3) is 0 Å². The van der Waals surface area contributed by atoms with Gasteiger partial charge in [-0.15, -0.1) is 0 Å². The molecule has 106 valence electrons. The van der Waals surface area contributed by atoms with Gasteiger partial charge in [0.1, 0.15) is 5.75 Å². The Kier molecular flexibility index (Phi) is 4.46. The second kappa shape index (κ2) is 6.47. The third-order valence-corrected chi connectivity index (χ3v) is 2.78. The number of rotatable bonds is 4. The fourth-order valence-electron chi connectivity index (χ4n) is 1.70. The maximum absolute atomic E-state index is 12.0. The van der Waals surface area contributed by atoms with Gasteiger partial charge in [-0.05, 0) is 25.1 Å². The van der Waals surface area contributed by atoms with Gasteiger partial charge in [-0.2, -0.15) is 0 Å². The second-order valence-corrected chi connectivity index (χ2v) is 4.39. The Morgan fingerprint density at radius 2 is 1.81 bits per heavy atom. The zero-order valence-electron chi connectivity index (χ0n) is 11.4. The molecule has 0 N–H and O–H groups in total. The minimum absolute atomic E-state index is 0.279. The van der Waals surface area contributed by atoms with Crippen LogP contribution in [0.2, 0.25) is 0 Å². The molecule has 0 radical (unpaired) electrons. The molecule has 0 aliphatic rings. The van der Waals surface area contributed by atoms with E-state index in [1.165, 1.54) is 6.08 Å². The van der Waals surface area contributed by atoms with E-state index in [9.17, 15) is 14.9 Å². The lowest BCUT2D eigenvalue weighted by Gasteiger charge is -2.07. The summed E-state index contributed by atoms with van der Waals surface area (Å²) in [5.41, 5.74) is 1.93. The third kappa shape index (κ3) is 4.01. The van der Waals surface area contributed by atoms with Crippen LogP contribution in [0, 0.1) is 17.0 Å². The highest BCUT2D eigenvalue weighted by atomic mass is 16.6. The van der Waals surface area contributed by atoms with Crippen LogP contribution in [0.1, 0.15) is 21.5 Å². The van der Waals surface area contributed by atoms with Crippen LogP contribution < -0.4 is 4.74 Å². The summed E-state index contributed by atoms with van der Waals surface area (Å²) in [5, 5.41) is 10.4. The lowest BCUT2D eigenvalue weighted by atomic mass is 10.1. The van der Waals surface area contributed by atoms with E-state index in [0.717, 1.165) is 11.8 Å². The summed E-state index contributed by atoms with van der Waals surface area (Å²) in [6.45, 7) is 1.92. The van der Waals surface area contributed by atoms with Crippen LogP contribution in [0.5, 0.6) is 5.75 Å². The smallest absolute Gasteiger partial charge is 0.343 e. The van der Waals surface area contributed by atoms with Crippen molar-refractivity contribution >= 4 is 12.0 Å². The Morgan fingerprint density at radius 1 is 1.14 bits per heavy atom. The van der Waals surface area contributed by atoms with Crippen LogP contribution in [0.4, 0.5) is 0 Å². The molecule has 2 rings (SSSR count). The first-order chi connectivity index (χ1) is 10.1. The summed E-state index contributed by atoms with van der Waals surface area (Å²) in [4.78, 5) is 21.8. The monoisotopic (exact) mass is 283 g/mol. The van der Waals surface area contributed by atoms with Crippen LogP contribution in [0.3, 0.4) is 0 Å². The number of carbonyl (C=O) groups is 1. The Bertz CT molecular complexity index is 690. The van der Waals surface area contributed by atoms with Crippen molar-refractivity contribution < 1.29 is 14.5 Å². The highest BCUT2D eigenvalue weighted by Crippen LogP contribution is 2.21. The number of nitro groups is 1. The summed E-state index contributed by atoms with van der Waals surface area (Å²) in [6.07, 6.45) is 2.09. The first-order valence-corrected chi connectivity index (χ1v) is 6.26. The largest absolute Gasteiger partial charge is 0.422 e. The molecule has 0 saturated heterocycles. The molecule has 0 bridgehead atoms. The van der Waals surface area contributed by atoms with Crippen molar-refractivity contribution in [3.8, 4) is 5.75 Å². The lowest BCUT2D eigenvalue weighted by Crippen LogP contribution is -2.09. The predicted molar refractivity (Wildman–Crippen MR) is 78.6 cm³/mol. The fraction of sp³-hybridized carbons (Fsp3) is 0.0625. The zero-order chi connectivity index (χ0) is 15.2. The SMILES string of the molecule is Cc1ccc(C(=O)Oc2ccccc2C=C[N+](=O)[O-])cc1. The molecule has 0 atom stereocenters. The number of carbonyl (C=O) groups excluding carboxylic acids is 1. The number of para-hydroxylation sites is 1. The lowest BCUT2D eigenvalue weighted by molar-refractivity contribution is -0.400. The molecule has 2 aromatic rings. The number of hydrogen-bond donors (Lipinski definition) is 0. The zero-order valence-corrected chi connectivity index (χ0v) is 11.4. The fourth-order valence-corrected chi connectivity index (χ4v) is 1.70. The highest BCUT2D eigenvalue weighted by Gasteiger charge is 2.10. The predicted octanol–water partition coefficient (Wildman–Crippen LogP) is 3.46. The average molecular weight is 283 g/mol. The number of esters is 1. The molecule has 0 aliphatic heterocycles. The first kappa shape index (κ1) is 14.5. The molecule has 2 aromatic carbocycles. The molecule has 5 heteroatoms. The first-order valence-electron chi connectivity index (χ1n) is 6.26. The van der Waals surface area contributed by atoms with Crippen LogP contribution in [0.25, 0.3) is 6.08 Å². The van der Waals surface area contributed by atoms with E-state index in [2.05, 4.69) is 0 Å². The molecule has 0 fully saturated rings. The Hall–Kier alpha value is -2.95. The van der Waals surface area contributed by atoms with E-state index in [1.54, 1.807) is 36.4 Å². The van der Waals surface area contributed by atoms with Gasteiger partial charge in [-0.1, -0.05) is 35.9 Å². The number of ether oxygens (including phenoxy) is 1. The summed E-state index contributed by atoms with van der Waals surface area (Å²) in [5.74, 6) is -0.224. The van der Waals surface area contributed by atoms with Crippen molar-refractivity contribution in [2.75, 3.05) is 0 Å². The summed E-state index contributed by atoms with van der Waals surface area (Å²) < 4.78 is 5.29. The maximum atomic E-state index is 12.0. The molecule has 0 aliphatic carbocycles. The van der Waals surface area contributed by atoms with Crippen molar-refractivity contribution in [1.29, 1.82) is 0 Å². The maximum Gasteiger partial charge on any atom is 0.343 e. The number of nitrogens with zero attached hydrogens (tertiary/aromatic N) is 1. The number of benzene rings is 2. The number of hydrogen-bond acceptors (Lipinski definition) is 4. The van der Waals surface area contributed by atoms with E-state index in [4.69, 9.17) is 4.74 Å². The van der Waals surface area contributed by atoms with E-state index in [-0.39, 0.29) is 5.75 Å². The van der Waals surface area contributed by atoms with Gasteiger partial charge < -0.3 is 4.74 Å². The molecular weight excluding hydrogens is 270 g/mol. The van der Waals surface area contributed by atoms with Gasteiger partial charge in [0, 0.05) is 11.6 Å². The van der Waals surface area contributed by atoms with Gasteiger partial charge in [0.2, 0.25) is 6.20 Å². The third-order valence-electron chi connectivity index (χ3n) is 2.78. The average Bonchev–Trinajstić information content (AvgIpc) is 2.47. The van der Waals surface area contributed by atoms with Crippen molar-refractivity contribution in [2.24, 2.45) is 0 Å². The standard InChI is InChI=1S/C16H13NO4/c1-12-6-8-14(9-7-12)16(18)21-15-5-3-2-4-13(15)10-11-17(19)20/h2-11H,1H3. The summed E-state index contributed by atoms with van der Waals surface area (Å²) >= 11 is 0. The molecule has 0 heterocycles. The van der Waals surface area contributed by atoms with E-state index in [1.807, 2.05) is 19.1 Å². The van der Waals surface area contributed by atoms with Gasteiger partial charge in [-0.3, -0.25) is 10.1 Å². The van der Waals surface area contributed by atoms with Gasteiger partial charge in [0.15, 0.2) is 0 Å². The molecule has 21 heavy (non-hydrogen) atoms. The molecule has 5 nitrogen and oxygen atoms in total.